The lowest BCUT2D eigenvalue weighted by molar-refractivity contribution is 1.06. The van der Waals surface area contributed by atoms with Crippen LogP contribution in [0.2, 0.25) is 0 Å². The number of benzene rings is 8. The van der Waals surface area contributed by atoms with Gasteiger partial charge in [0.15, 0.2) is 17.5 Å². The van der Waals surface area contributed by atoms with Crippen molar-refractivity contribution in [2.45, 2.75) is 0 Å². The van der Waals surface area contributed by atoms with Crippen LogP contribution < -0.4 is 0 Å². The van der Waals surface area contributed by atoms with Crippen LogP contribution in [0.5, 0.6) is 0 Å². The number of thiophene rings is 1. The van der Waals surface area contributed by atoms with Crippen molar-refractivity contribution < 1.29 is 8.22 Å². The molecule has 11 aromatic rings. The quantitative estimate of drug-likeness (QED) is 0.178. The van der Waals surface area contributed by atoms with Gasteiger partial charge in [-0.3, -0.25) is 0 Å². The van der Waals surface area contributed by atoms with Gasteiger partial charge in [0.1, 0.15) is 0 Å². The first-order valence-electron chi connectivity index (χ1n) is 20.6. The Kier molecular flexibility index (Phi) is 5.73. The van der Waals surface area contributed by atoms with E-state index in [0.717, 1.165) is 43.1 Å². The van der Waals surface area contributed by atoms with E-state index < -0.39 is 0 Å². The van der Waals surface area contributed by atoms with Gasteiger partial charge in [-0.15, -0.1) is 11.3 Å². The lowest BCUT2D eigenvalue weighted by Gasteiger charge is -2.16. The van der Waals surface area contributed by atoms with E-state index >= 15 is 0 Å². The summed E-state index contributed by atoms with van der Waals surface area (Å²) in [6.45, 7) is 0. The molecule has 0 saturated heterocycles. The van der Waals surface area contributed by atoms with Crippen molar-refractivity contribution in [1.29, 1.82) is 0 Å². The summed E-state index contributed by atoms with van der Waals surface area (Å²) in [6, 6.07) is 46.5. The first kappa shape index (κ1) is 25.1. The maximum absolute atomic E-state index is 9.24. The van der Waals surface area contributed by atoms with Crippen molar-refractivity contribution >= 4 is 64.1 Å². The average Bonchev–Trinajstić information content (AvgIpc) is 3.85. The molecular formula is C49H30N4S. The van der Waals surface area contributed by atoms with E-state index in [9.17, 15) is 2.74 Å². The highest BCUT2D eigenvalue weighted by atomic mass is 32.1. The largest absolute Gasteiger partial charge is 0.309 e. The Balaban J connectivity index is 1.27. The smallest absolute Gasteiger partial charge is 0.166 e. The minimum atomic E-state index is -0.178. The number of rotatable bonds is 5. The summed E-state index contributed by atoms with van der Waals surface area (Å²) in [5, 5.41) is 4.80. The van der Waals surface area contributed by atoms with Crippen LogP contribution in [0, 0.1) is 0 Å². The van der Waals surface area contributed by atoms with E-state index in [4.69, 9.17) is 20.4 Å². The zero-order valence-electron chi connectivity index (χ0n) is 34.6. The molecule has 0 unspecified atom stereocenters. The Hall–Kier alpha value is -6.95. The fraction of sp³-hybridized carbons (Fsp3) is 0. The molecule has 3 aromatic heterocycles. The highest BCUT2D eigenvalue weighted by molar-refractivity contribution is 7.26. The molecule has 11 rings (SSSR count). The summed E-state index contributed by atoms with van der Waals surface area (Å²) >= 11 is 1.73. The third-order valence-electron chi connectivity index (χ3n) is 10.00. The Morgan fingerprint density at radius 3 is 1.93 bits per heavy atom. The van der Waals surface area contributed by atoms with Gasteiger partial charge in [0, 0.05) is 47.6 Å². The molecule has 5 heteroatoms. The molecule has 0 aliphatic rings. The van der Waals surface area contributed by atoms with Crippen LogP contribution >= 0.6 is 11.3 Å². The van der Waals surface area contributed by atoms with Gasteiger partial charge in [-0.25, -0.2) is 15.0 Å². The van der Waals surface area contributed by atoms with Crippen molar-refractivity contribution in [3.8, 4) is 51.0 Å². The number of hydrogen-bond acceptors (Lipinski definition) is 4. The van der Waals surface area contributed by atoms with E-state index in [1.165, 1.54) is 22.2 Å². The summed E-state index contributed by atoms with van der Waals surface area (Å²) in [6.07, 6.45) is 0. The normalized spacial score (nSPS) is 13.3. The average molecular weight is 713 g/mol. The van der Waals surface area contributed by atoms with Crippen LogP contribution in [0.25, 0.3) is 104 Å². The van der Waals surface area contributed by atoms with Gasteiger partial charge >= 0.3 is 0 Å². The van der Waals surface area contributed by atoms with E-state index in [0.29, 0.717) is 28.7 Å². The number of para-hydroxylation sites is 2. The second-order valence-electron chi connectivity index (χ2n) is 13.1. The third-order valence-corrected chi connectivity index (χ3v) is 11.2. The number of fused-ring (bicyclic) bond motifs is 7. The third kappa shape index (κ3) is 4.94. The highest BCUT2D eigenvalue weighted by Crippen LogP contribution is 2.43. The standard InChI is InChI=1S/C49H30N4S/c1-2-14-32(15-3-1)47-50-48(35-26-25-31-13-4-5-16-33(31)29-35)52-49(51-47)41-30-34(36-20-12-21-40-39-19-8-11-24-45(39)54-46(36)40)27-28-44(41)53-42-22-9-6-17-37(42)38-18-7-10-23-43(38)53/h1-30H/i6D,7D,17D,18D,22D,23D. The maximum Gasteiger partial charge on any atom is 0.166 e. The molecule has 54 heavy (non-hydrogen) atoms. The molecule has 0 amide bonds. The van der Waals surface area contributed by atoms with Crippen molar-refractivity contribution in [2.24, 2.45) is 0 Å². The van der Waals surface area contributed by atoms with Crippen molar-refractivity contribution in [3.05, 3.63) is 182 Å². The van der Waals surface area contributed by atoms with E-state index in [1.807, 2.05) is 72.8 Å². The molecule has 0 spiro atoms. The first-order chi connectivity index (χ1) is 29.2. The molecule has 252 valence electrons. The summed E-state index contributed by atoms with van der Waals surface area (Å²) in [5.41, 5.74) is 5.07. The zero-order chi connectivity index (χ0) is 40.8. The summed E-state index contributed by atoms with van der Waals surface area (Å²) < 4.78 is 57.8. The molecular weight excluding hydrogens is 677 g/mol. The maximum atomic E-state index is 9.24. The molecule has 0 fully saturated rings. The molecule has 0 bridgehead atoms. The van der Waals surface area contributed by atoms with Gasteiger partial charge in [0.2, 0.25) is 0 Å². The minimum Gasteiger partial charge on any atom is -0.309 e. The molecule has 0 radical (unpaired) electrons. The van der Waals surface area contributed by atoms with Gasteiger partial charge in [-0.1, -0.05) is 145 Å². The Morgan fingerprint density at radius 2 is 1.11 bits per heavy atom. The van der Waals surface area contributed by atoms with Crippen LogP contribution in [0.15, 0.2) is 182 Å². The Labute approximate surface area is 323 Å². The minimum absolute atomic E-state index is 0.0462. The Morgan fingerprint density at radius 1 is 0.444 bits per heavy atom. The second-order valence-corrected chi connectivity index (χ2v) is 14.2. The second kappa shape index (κ2) is 12.3. The van der Waals surface area contributed by atoms with E-state index in [-0.39, 0.29) is 58.1 Å². The molecule has 4 nitrogen and oxygen atoms in total. The summed E-state index contributed by atoms with van der Waals surface area (Å²) in [5.74, 6) is 1.25. The van der Waals surface area contributed by atoms with Crippen LogP contribution in [-0.4, -0.2) is 19.5 Å². The van der Waals surface area contributed by atoms with Gasteiger partial charge in [0.25, 0.3) is 0 Å². The van der Waals surface area contributed by atoms with Crippen molar-refractivity contribution in [1.82, 2.24) is 19.5 Å². The van der Waals surface area contributed by atoms with Gasteiger partial charge in [0.05, 0.1) is 24.9 Å². The molecule has 0 atom stereocenters. The van der Waals surface area contributed by atoms with Crippen molar-refractivity contribution in [2.75, 3.05) is 0 Å². The predicted octanol–water partition coefficient (Wildman–Crippen LogP) is 13.2. The molecule has 0 aliphatic heterocycles. The Bertz CT molecular complexity index is 3510. The zero-order valence-corrected chi connectivity index (χ0v) is 29.4. The molecule has 8 aromatic carbocycles. The lowest BCUT2D eigenvalue weighted by atomic mass is 9.99. The van der Waals surface area contributed by atoms with E-state index in [1.54, 1.807) is 15.9 Å². The predicted molar refractivity (Wildman–Crippen MR) is 226 cm³/mol. The van der Waals surface area contributed by atoms with Gasteiger partial charge in [-0.2, -0.15) is 0 Å². The molecule has 0 aliphatic carbocycles. The highest BCUT2D eigenvalue weighted by Gasteiger charge is 2.21. The topological polar surface area (TPSA) is 43.6 Å². The number of nitrogens with zero attached hydrogens (tertiary/aromatic N) is 4. The first-order valence-corrected chi connectivity index (χ1v) is 18.4. The summed E-state index contributed by atoms with van der Waals surface area (Å²) in [7, 11) is 0. The van der Waals surface area contributed by atoms with Crippen LogP contribution in [0.3, 0.4) is 0 Å². The molecule has 0 N–H and O–H groups in total. The number of aromatic nitrogens is 4. The van der Waals surface area contributed by atoms with Gasteiger partial charge in [-0.05, 0) is 58.2 Å². The van der Waals surface area contributed by atoms with Crippen LogP contribution in [-0.2, 0) is 0 Å². The van der Waals surface area contributed by atoms with Gasteiger partial charge < -0.3 is 4.57 Å². The van der Waals surface area contributed by atoms with Crippen LogP contribution in [0.4, 0.5) is 0 Å². The monoisotopic (exact) mass is 712 g/mol. The fourth-order valence-electron chi connectivity index (χ4n) is 7.48. The molecule has 3 heterocycles. The lowest BCUT2D eigenvalue weighted by Crippen LogP contribution is -2.04. The van der Waals surface area contributed by atoms with Crippen LogP contribution in [0.1, 0.15) is 8.22 Å². The summed E-state index contributed by atoms with van der Waals surface area (Å²) in [4.78, 5) is 15.4. The van der Waals surface area contributed by atoms with Crippen molar-refractivity contribution in [3.63, 3.8) is 0 Å². The SMILES string of the molecule is [2H]c1cc([2H])c2c(c1[2H])c1c([2H])c([2H])cc([2H])c1n2-c1ccc(-c2cccc3c2sc2ccccc23)cc1-c1nc(-c2ccccc2)nc(-c2ccc3ccccc3c2)n1. The number of hydrogen-bond donors (Lipinski definition) is 0. The van der Waals surface area contributed by atoms with E-state index in [2.05, 4.69) is 60.7 Å². The fourth-order valence-corrected chi connectivity index (χ4v) is 8.72. The molecule has 0 saturated carbocycles.